The van der Waals surface area contributed by atoms with Gasteiger partial charge in [-0.05, 0) is 55.7 Å². The van der Waals surface area contributed by atoms with E-state index in [1.54, 1.807) is 7.11 Å². The minimum atomic E-state index is -0.586. The number of pyridine rings is 1. The van der Waals surface area contributed by atoms with Gasteiger partial charge in [0.2, 0.25) is 5.91 Å². The number of benzene rings is 2. The fourth-order valence-electron chi connectivity index (χ4n) is 3.15. The number of nitrogens with zero attached hydrogens (tertiary/aromatic N) is 2. The number of nitriles is 1. The number of thioether (sulfide) groups is 1. The van der Waals surface area contributed by atoms with Gasteiger partial charge in [0.05, 0.1) is 18.4 Å². The third kappa shape index (κ3) is 4.81. The zero-order chi connectivity index (χ0) is 21.7. The Bertz CT molecular complexity index is 1110. The molecule has 3 aromatic rings. The second-order valence-electron chi connectivity index (χ2n) is 6.97. The summed E-state index contributed by atoms with van der Waals surface area (Å²) in [5.41, 5.74) is 4.60. The van der Waals surface area contributed by atoms with Crippen LogP contribution in [0.25, 0.3) is 0 Å². The van der Waals surface area contributed by atoms with Gasteiger partial charge in [-0.3, -0.25) is 4.79 Å². The summed E-state index contributed by atoms with van der Waals surface area (Å²) in [7, 11) is 1.57. The highest BCUT2D eigenvalue weighted by atomic mass is 32.2. The first-order valence-electron chi connectivity index (χ1n) is 9.48. The van der Waals surface area contributed by atoms with Crippen LogP contribution in [-0.2, 0) is 4.79 Å². The molecule has 1 aromatic heterocycles. The average Bonchev–Trinajstić information content (AvgIpc) is 2.72. The van der Waals surface area contributed by atoms with Crippen molar-refractivity contribution in [1.29, 1.82) is 5.26 Å². The summed E-state index contributed by atoms with van der Waals surface area (Å²) in [4.78, 5) is 17.9. The van der Waals surface area contributed by atoms with Crippen LogP contribution >= 0.6 is 11.8 Å². The number of rotatable bonds is 6. The van der Waals surface area contributed by atoms with Crippen LogP contribution in [0.2, 0.25) is 0 Å². The largest absolute Gasteiger partial charge is 0.495 e. The number of aryl methyl sites for hydroxylation is 3. The Morgan fingerprint density at radius 2 is 1.87 bits per heavy atom. The fraction of sp³-hybridized carbons (Fsp3) is 0.208. The molecule has 1 unspecified atom stereocenters. The van der Waals surface area contributed by atoms with Crippen molar-refractivity contribution in [2.45, 2.75) is 31.0 Å². The van der Waals surface area contributed by atoms with E-state index >= 15 is 0 Å². The summed E-state index contributed by atoms with van der Waals surface area (Å²) in [6, 6.07) is 19.2. The molecule has 1 atom stereocenters. The molecule has 0 fully saturated rings. The van der Waals surface area contributed by atoms with E-state index in [2.05, 4.69) is 16.4 Å². The maximum Gasteiger partial charge on any atom is 0.242 e. The number of methoxy groups -OCH3 is 1. The van der Waals surface area contributed by atoms with Crippen molar-refractivity contribution in [2.24, 2.45) is 0 Å². The van der Waals surface area contributed by atoms with Gasteiger partial charge in [-0.15, -0.1) is 0 Å². The van der Waals surface area contributed by atoms with Gasteiger partial charge in [0, 0.05) is 5.69 Å². The van der Waals surface area contributed by atoms with Gasteiger partial charge in [-0.2, -0.15) is 5.26 Å². The van der Waals surface area contributed by atoms with Crippen molar-refractivity contribution < 1.29 is 9.53 Å². The first-order chi connectivity index (χ1) is 14.4. The van der Waals surface area contributed by atoms with Gasteiger partial charge in [-0.1, -0.05) is 48.2 Å². The van der Waals surface area contributed by atoms with Gasteiger partial charge in [0.25, 0.3) is 0 Å². The van der Waals surface area contributed by atoms with E-state index in [-0.39, 0.29) is 5.91 Å². The quantitative estimate of drug-likeness (QED) is 0.547. The minimum absolute atomic E-state index is 0.208. The van der Waals surface area contributed by atoms with Gasteiger partial charge in [0.1, 0.15) is 22.1 Å². The smallest absolute Gasteiger partial charge is 0.242 e. The number of aromatic nitrogens is 1. The monoisotopic (exact) mass is 417 g/mol. The second-order valence-corrected chi connectivity index (χ2v) is 8.07. The zero-order valence-electron chi connectivity index (χ0n) is 17.4. The highest BCUT2D eigenvalue weighted by Gasteiger charge is 2.25. The van der Waals surface area contributed by atoms with Crippen molar-refractivity contribution in [3.8, 4) is 11.8 Å². The van der Waals surface area contributed by atoms with Gasteiger partial charge >= 0.3 is 0 Å². The molecule has 5 nitrogen and oxygen atoms in total. The predicted octanol–water partition coefficient (Wildman–Crippen LogP) is 5.36. The van der Waals surface area contributed by atoms with Gasteiger partial charge in [-0.25, -0.2) is 4.98 Å². The molecular formula is C24H23N3O2S. The molecule has 0 aliphatic heterocycles. The maximum absolute atomic E-state index is 13.4. The topological polar surface area (TPSA) is 75.0 Å². The lowest BCUT2D eigenvalue weighted by atomic mass is 10.1. The normalized spacial score (nSPS) is 11.4. The molecule has 1 amide bonds. The number of hydrogen-bond acceptors (Lipinski definition) is 5. The average molecular weight is 418 g/mol. The van der Waals surface area contributed by atoms with Crippen LogP contribution in [0.1, 0.15) is 33.2 Å². The predicted molar refractivity (Wildman–Crippen MR) is 120 cm³/mol. The van der Waals surface area contributed by atoms with E-state index in [0.29, 0.717) is 22.0 Å². The molecule has 1 N–H and O–H groups in total. The molecule has 0 saturated carbocycles. The van der Waals surface area contributed by atoms with Gasteiger partial charge < -0.3 is 10.1 Å². The Balaban J connectivity index is 2.00. The molecule has 0 saturated heterocycles. The highest BCUT2D eigenvalue weighted by Crippen LogP contribution is 2.38. The minimum Gasteiger partial charge on any atom is -0.495 e. The van der Waals surface area contributed by atoms with Crippen molar-refractivity contribution in [3.05, 3.63) is 82.5 Å². The Morgan fingerprint density at radius 1 is 1.13 bits per heavy atom. The molecule has 0 bridgehead atoms. The SMILES string of the molecule is COc1ccc(C)cc1NC(=O)C(Sc1nc(C)cc(C)c1C#N)c1ccccc1. The lowest BCUT2D eigenvalue weighted by molar-refractivity contribution is -0.115. The molecule has 0 aliphatic rings. The Morgan fingerprint density at radius 3 is 2.53 bits per heavy atom. The summed E-state index contributed by atoms with van der Waals surface area (Å²) in [5, 5.41) is 12.6. The van der Waals surface area contributed by atoms with Crippen LogP contribution in [0.4, 0.5) is 5.69 Å². The van der Waals surface area contributed by atoms with Crippen molar-refractivity contribution in [3.63, 3.8) is 0 Å². The van der Waals surface area contributed by atoms with E-state index in [1.165, 1.54) is 11.8 Å². The second kappa shape index (κ2) is 9.47. The fourth-order valence-corrected chi connectivity index (χ4v) is 4.36. The van der Waals surface area contributed by atoms with E-state index in [1.807, 2.05) is 75.4 Å². The van der Waals surface area contributed by atoms with Crippen LogP contribution < -0.4 is 10.1 Å². The number of carbonyl (C=O) groups excluding carboxylic acids is 1. The highest BCUT2D eigenvalue weighted by molar-refractivity contribution is 8.00. The number of hydrogen-bond donors (Lipinski definition) is 1. The van der Waals surface area contributed by atoms with E-state index in [9.17, 15) is 10.1 Å². The lowest BCUT2D eigenvalue weighted by Crippen LogP contribution is -2.20. The molecule has 0 aliphatic carbocycles. The first-order valence-corrected chi connectivity index (χ1v) is 10.4. The van der Waals surface area contributed by atoms with E-state index in [0.717, 1.165) is 22.4 Å². The molecule has 0 radical (unpaired) electrons. The summed E-state index contributed by atoms with van der Waals surface area (Å²) in [6.07, 6.45) is 0. The van der Waals surface area contributed by atoms with Crippen LogP contribution in [0, 0.1) is 32.1 Å². The van der Waals surface area contributed by atoms with Crippen molar-refractivity contribution >= 4 is 23.4 Å². The lowest BCUT2D eigenvalue weighted by Gasteiger charge is -2.19. The Kier molecular flexibility index (Phi) is 6.76. The number of ether oxygens (including phenoxy) is 1. The standard InChI is InChI=1S/C24H23N3O2S/c1-15-10-11-21(29-4)20(12-15)27-23(28)22(18-8-6-5-7-9-18)30-24-19(14-25)16(2)13-17(3)26-24/h5-13,22H,1-4H3,(H,27,28). The summed E-state index contributed by atoms with van der Waals surface area (Å²) < 4.78 is 5.40. The number of nitrogens with one attached hydrogen (secondary N) is 1. The first kappa shape index (κ1) is 21.4. The van der Waals surface area contributed by atoms with E-state index in [4.69, 9.17) is 4.74 Å². The Labute approximate surface area is 181 Å². The maximum atomic E-state index is 13.4. The van der Waals surface area contributed by atoms with Gasteiger partial charge in [0.15, 0.2) is 0 Å². The van der Waals surface area contributed by atoms with Crippen LogP contribution in [-0.4, -0.2) is 18.0 Å². The molecule has 30 heavy (non-hydrogen) atoms. The molecule has 0 spiro atoms. The number of amides is 1. The number of anilines is 1. The van der Waals surface area contributed by atoms with Crippen molar-refractivity contribution in [2.75, 3.05) is 12.4 Å². The summed E-state index contributed by atoms with van der Waals surface area (Å²) in [6.45, 7) is 5.72. The van der Waals surface area contributed by atoms with Crippen LogP contribution in [0.3, 0.4) is 0 Å². The number of carbonyl (C=O) groups is 1. The zero-order valence-corrected chi connectivity index (χ0v) is 18.2. The molecule has 2 aromatic carbocycles. The third-order valence-electron chi connectivity index (χ3n) is 4.61. The molecule has 3 rings (SSSR count). The third-order valence-corrected chi connectivity index (χ3v) is 5.85. The Hall–Kier alpha value is -3.30. The van der Waals surface area contributed by atoms with Crippen LogP contribution in [0.15, 0.2) is 59.6 Å². The van der Waals surface area contributed by atoms with E-state index < -0.39 is 5.25 Å². The molecule has 1 heterocycles. The summed E-state index contributed by atoms with van der Waals surface area (Å²) >= 11 is 1.28. The molecular weight excluding hydrogens is 394 g/mol. The van der Waals surface area contributed by atoms with Crippen molar-refractivity contribution in [1.82, 2.24) is 4.98 Å². The summed E-state index contributed by atoms with van der Waals surface area (Å²) in [5.74, 6) is 0.382. The molecule has 152 valence electrons. The van der Waals surface area contributed by atoms with Crippen LogP contribution in [0.5, 0.6) is 5.75 Å². The molecule has 6 heteroatoms.